The Morgan fingerprint density at radius 2 is 1.86 bits per heavy atom. The van der Waals surface area contributed by atoms with Gasteiger partial charge in [-0.2, -0.15) is 0 Å². The van der Waals surface area contributed by atoms with Crippen LogP contribution in [-0.2, 0) is 10.0 Å². The van der Waals surface area contributed by atoms with Gasteiger partial charge >= 0.3 is 0 Å². The van der Waals surface area contributed by atoms with Crippen LogP contribution in [0.1, 0.15) is 26.7 Å². The molecule has 0 saturated carbocycles. The maximum absolute atomic E-state index is 11.8. The normalized spacial score (nSPS) is 21.7. The van der Waals surface area contributed by atoms with E-state index in [4.69, 9.17) is 0 Å². The van der Waals surface area contributed by atoms with Gasteiger partial charge in [0.2, 0.25) is 10.0 Å². The Morgan fingerprint density at radius 3 is 2.21 bits per heavy atom. The van der Waals surface area contributed by atoms with Crippen LogP contribution in [0.25, 0.3) is 0 Å². The topological polar surface area (TPSA) is 37.4 Å². The van der Waals surface area contributed by atoms with E-state index in [2.05, 4.69) is 15.9 Å². The lowest BCUT2D eigenvalue weighted by atomic mass is 10.0. The van der Waals surface area contributed by atoms with Crippen molar-refractivity contribution >= 4 is 26.0 Å². The highest BCUT2D eigenvalue weighted by Gasteiger charge is 2.29. The van der Waals surface area contributed by atoms with Gasteiger partial charge in [-0.3, -0.25) is 0 Å². The number of nitrogens with zero attached hydrogens (tertiary/aromatic N) is 1. The van der Waals surface area contributed by atoms with Crippen molar-refractivity contribution in [3.05, 3.63) is 0 Å². The van der Waals surface area contributed by atoms with Crippen LogP contribution < -0.4 is 0 Å². The van der Waals surface area contributed by atoms with E-state index >= 15 is 0 Å². The molecule has 1 saturated heterocycles. The molecule has 0 atom stereocenters. The fourth-order valence-electron chi connectivity index (χ4n) is 1.62. The first-order valence-electron chi connectivity index (χ1n) is 5.03. The van der Waals surface area contributed by atoms with Crippen molar-refractivity contribution in [1.82, 2.24) is 4.31 Å². The molecule has 1 aliphatic heterocycles. The Hall–Kier alpha value is 0.390. The van der Waals surface area contributed by atoms with Crippen molar-refractivity contribution in [3.8, 4) is 0 Å². The van der Waals surface area contributed by atoms with E-state index in [1.165, 1.54) is 0 Å². The van der Waals surface area contributed by atoms with E-state index in [1.54, 1.807) is 18.2 Å². The minimum absolute atomic E-state index is 0.289. The van der Waals surface area contributed by atoms with Crippen molar-refractivity contribution in [3.63, 3.8) is 0 Å². The maximum atomic E-state index is 11.8. The summed E-state index contributed by atoms with van der Waals surface area (Å²) in [5, 5.41) is 0.700. The van der Waals surface area contributed by atoms with Crippen molar-refractivity contribution in [2.45, 2.75) is 31.9 Å². The van der Waals surface area contributed by atoms with Crippen LogP contribution in [-0.4, -0.2) is 36.4 Å². The highest BCUT2D eigenvalue weighted by Crippen LogP contribution is 2.22. The summed E-state index contributed by atoms with van der Waals surface area (Å²) in [6.45, 7) is 4.87. The highest BCUT2D eigenvalue weighted by molar-refractivity contribution is 9.09. The molecule has 1 heterocycles. The van der Waals surface area contributed by atoms with Gasteiger partial charge in [0.15, 0.2) is 0 Å². The monoisotopic (exact) mass is 283 g/mol. The first-order valence-corrected chi connectivity index (χ1v) is 7.66. The average molecular weight is 284 g/mol. The zero-order valence-electron chi connectivity index (χ0n) is 8.74. The number of hydrogen-bond acceptors (Lipinski definition) is 2. The molecule has 0 aromatic carbocycles. The summed E-state index contributed by atoms with van der Waals surface area (Å²) in [7, 11) is -3.01. The third-order valence-electron chi connectivity index (χ3n) is 2.75. The Bertz CT molecular complexity index is 269. The van der Waals surface area contributed by atoms with Crippen LogP contribution in [0.4, 0.5) is 0 Å². The SMILES string of the molecule is CC(C)S(=O)(=O)N1CCC(CBr)CC1. The second-order valence-corrected chi connectivity index (χ2v) is 7.23. The minimum atomic E-state index is -3.01. The molecule has 14 heavy (non-hydrogen) atoms. The van der Waals surface area contributed by atoms with Gasteiger partial charge in [0.25, 0.3) is 0 Å². The molecule has 5 heteroatoms. The van der Waals surface area contributed by atoms with E-state index in [1.807, 2.05) is 0 Å². The number of rotatable bonds is 3. The zero-order chi connectivity index (χ0) is 10.8. The van der Waals surface area contributed by atoms with Crippen LogP contribution in [0.5, 0.6) is 0 Å². The molecule has 1 fully saturated rings. The third-order valence-corrected chi connectivity index (χ3v) is 5.94. The van der Waals surface area contributed by atoms with Crippen molar-refractivity contribution in [2.24, 2.45) is 5.92 Å². The summed E-state index contributed by atoms with van der Waals surface area (Å²) in [6.07, 6.45) is 1.97. The van der Waals surface area contributed by atoms with E-state index in [0.29, 0.717) is 19.0 Å². The second-order valence-electron chi connectivity index (χ2n) is 4.09. The van der Waals surface area contributed by atoms with Gasteiger partial charge in [0.05, 0.1) is 5.25 Å². The fourth-order valence-corrected chi connectivity index (χ4v) is 3.58. The molecule has 0 aromatic rings. The molecule has 0 amide bonds. The third kappa shape index (κ3) is 2.70. The van der Waals surface area contributed by atoms with E-state index < -0.39 is 10.0 Å². The summed E-state index contributed by atoms with van der Waals surface area (Å²) < 4.78 is 25.2. The fraction of sp³-hybridized carbons (Fsp3) is 1.00. The Balaban J connectivity index is 2.58. The van der Waals surface area contributed by atoms with E-state index in [-0.39, 0.29) is 5.25 Å². The summed E-state index contributed by atoms with van der Waals surface area (Å²) in [5.74, 6) is 0.647. The Labute approximate surface area is 95.0 Å². The van der Waals surface area contributed by atoms with Crippen molar-refractivity contribution in [1.29, 1.82) is 0 Å². The highest BCUT2D eigenvalue weighted by atomic mass is 79.9. The molecule has 0 radical (unpaired) electrons. The number of alkyl halides is 1. The lowest BCUT2D eigenvalue weighted by Crippen LogP contribution is -2.42. The summed E-state index contributed by atoms with van der Waals surface area (Å²) in [4.78, 5) is 0. The van der Waals surface area contributed by atoms with Gasteiger partial charge in [0.1, 0.15) is 0 Å². The number of halogens is 1. The predicted octanol–water partition coefficient (Wildman–Crippen LogP) is 1.83. The molecule has 1 aliphatic rings. The molecule has 0 aliphatic carbocycles. The minimum Gasteiger partial charge on any atom is -0.212 e. The van der Waals surface area contributed by atoms with Crippen LogP contribution in [0.2, 0.25) is 0 Å². The van der Waals surface area contributed by atoms with E-state index in [0.717, 1.165) is 18.2 Å². The van der Waals surface area contributed by atoms with Crippen molar-refractivity contribution in [2.75, 3.05) is 18.4 Å². The smallest absolute Gasteiger partial charge is 0.212 e. The molecule has 0 bridgehead atoms. The molecule has 84 valence electrons. The Morgan fingerprint density at radius 1 is 1.36 bits per heavy atom. The van der Waals surface area contributed by atoms with Gasteiger partial charge in [0, 0.05) is 18.4 Å². The zero-order valence-corrected chi connectivity index (χ0v) is 11.1. The van der Waals surface area contributed by atoms with Gasteiger partial charge < -0.3 is 0 Å². The molecular formula is C9H18BrNO2S. The molecule has 0 aromatic heterocycles. The quantitative estimate of drug-likeness (QED) is 0.741. The van der Waals surface area contributed by atoms with E-state index in [9.17, 15) is 8.42 Å². The first-order chi connectivity index (χ1) is 6.48. The molecule has 0 spiro atoms. The molecule has 1 rings (SSSR count). The van der Waals surface area contributed by atoms with Crippen LogP contribution in [0.15, 0.2) is 0 Å². The molecule has 0 unspecified atom stereocenters. The largest absolute Gasteiger partial charge is 0.216 e. The van der Waals surface area contributed by atoms with Gasteiger partial charge in [-0.05, 0) is 32.6 Å². The lowest BCUT2D eigenvalue weighted by molar-refractivity contribution is 0.290. The van der Waals surface area contributed by atoms with Crippen LogP contribution in [0.3, 0.4) is 0 Å². The summed E-state index contributed by atoms with van der Waals surface area (Å²) >= 11 is 3.44. The van der Waals surface area contributed by atoms with Gasteiger partial charge in [-0.15, -0.1) is 0 Å². The van der Waals surface area contributed by atoms with Gasteiger partial charge in [-0.1, -0.05) is 15.9 Å². The number of piperidine rings is 1. The molecule has 0 N–H and O–H groups in total. The molecular weight excluding hydrogens is 266 g/mol. The number of sulfonamides is 1. The first kappa shape index (κ1) is 12.5. The second kappa shape index (κ2) is 4.94. The Kier molecular flexibility index (Phi) is 4.40. The lowest BCUT2D eigenvalue weighted by Gasteiger charge is -2.31. The van der Waals surface area contributed by atoms with Crippen LogP contribution >= 0.6 is 15.9 Å². The van der Waals surface area contributed by atoms with Crippen molar-refractivity contribution < 1.29 is 8.42 Å². The van der Waals surface area contributed by atoms with Gasteiger partial charge in [-0.25, -0.2) is 12.7 Å². The molecule has 3 nitrogen and oxygen atoms in total. The van der Waals surface area contributed by atoms with Crippen LogP contribution in [0, 0.1) is 5.92 Å². The average Bonchev–Trinajstić information content (AvgIpc) is 2.17. The predicted molar refractivity (Wildman–Crippen MR) is 62.1 cm³/mol. The summed E-state index contributed by atoms with van der Waals surface area (Å²) in [5.41, 5.74) is 0. The standard InChI is InChI=1S/C9H18BrNO2S/c1-8(2)14(12,13)11-5-3-9(7-10)4-6-11/h8-9H,3-7H2,1-2H3. The maximum Gasteiger partial charge on any atom is 0.216 e. The number of hydrogen-bond donors (Lipinski definition) is 0. The summed E-state index contributed by atoms with van der Waals surface area (Å²) in [6, 6.07) is 0.